The van der Waals surface area contributed by atoms with E-state index >= 15 is 0 Å². The summed E-state index contributed by atoms with van der Waals surface area (Å²) in [5.41, 5.74) is 0. The van der Waals surface area contributed by atoms with Gasteiger partial charge in [0.25, 0.3) is 0 Å². The second-order valence-corrected chi connectivity index (χ2v) is 1.86. The van der Waals surface area contributed by atoms with Crippen LogP contribution < -0.4 is 0 Å². The van der Waals surface area contributed by atoms with Crippen molar-refractivity contribution in [2.24, 2.45) is 0 Å². The molecular weight excluding hydrogens is 152 g/mol. The van der Waals surface area contributed by atoms with Gasteiger partial charge in [-0.1, -0.05) is 0 Å². The van der Waals surface area contributed by atoms with Crippen LogP contribution in [0.2, 0.25) is 0 Å². The molecule has 0 aromatic rings. The number of ketones is 1. The van der Waals surface area contributed by atoms with Crippen LogP contribution in [0.15, 0.2) is 0 Å². The van der Waals surface area contributed by atoms with E-state index < -0.39 is 24.5 Å². The Bertz CT molecular complexity index is 174. The van der Waals surface area contributed by atoms with Crippen LogP contribution in [0.1, 0.15) is 6.92 Å². The molecule has 0 saturated carbocycles. The Morgan fingerprint density at radius 1 is 1.64 bits per heavy atom. The summed E-state index contributed by atoms with van der Waals surface area (Å²) in [4.78, 5) is 30.3. The quantitative estimate of drug-likeness (QED) is 0.313. The summed E-state index contributed by atoms with van der Waals surface area (Å²) in [6.45, 7) is 0.567. The summed E-state index contributed by atoms with van der Waals surface area (Å²) < 4.78 is 4.19. The van der Waals surface area contributed by atoms with Gasteiger partial charge in [0.2, 0.25) is 5.78 Å². The Hall–Kier alpha value is -1.23. The lowest BCUT2D eigenvalue weighted by Crippen LogP contribution is -2.22. The van der Waals surface area contributed by atoms with Gasteiger partial charge in [-0.15, -0.1) is 0 Å². The van der Waals surface area contributed by atoms with Gasteiger partial charge in [-0.25, -0.2) is 4.79 Å². The summed E-state index contributed by atoms with van der Waals surface area (Å²) in [5, 5.41) is 8.53. The molecule has 5 heteroatoms. The van der Waals surface area contributed by atoms with E-state index in [1.54, 1.807) is 0 Å². The molecule has 0 bridgehead atoms. The number of carbonyl (C=O) groups is 3. The molecular formula is C6H8O5. The van der Waals surface area contributed by atoms with Gasteiger partial charge < -0.3 is 14.6 Å². The third-order valence-corrected chi connectivity index (χ3v) is 0.830. The van der Waals surface area contributed by atoms with Crippen molar-refractivity contribution >= 4 is 18.0 Å². The lowest BCUT2D eigenvalue weighted by molar-refractivity contribution is -0.155. The van der Waals surface area contributed by atoms with Crippen molar-refractivity contribution in [2.45, 2.75) is 13.0 Å². The standard InChI is InChI=1S/C6H8O5/c1-4(8)6(10)11-3-5(9)2-7/h2,5,9H,3H2,1H3/t5-/m0/s1. The minimum atomic E-state index is -1.35. The third-order valence-electron chi connectivity index (χ3n) is 0.830. The molecule has 0 spiro atoms. The molecule has 11 heavy (non-hydrogen) atoms. The van der Waals surface area contributed by atoms with Gasteiger partial charge in [-0.3, -0.25) is 4.79 Å². The van der Waals surface area contributed by atoms with Crippen molar-refractivity contribution in [2.75, 3.05) is 6.61 Å². The lowest BCUT2D eigenvalue weighted by atomic mass is 10.4. The summed E-state index contributed by atoms with van der Waals surface area (Å²) in [6.07, 6.45) is -1.13. The zero-order valence-corrected chi connectivity index (χ0v) is 5.94. The fraction of sp³-hybridized carbons (Fsp3) is 0.500. The van der Waals surface area contributed by atoms with Gasteiger partial charge in [0, 0.05) is 6.92 Å². The van der Waals surface area contributed by atoms with E-state index in [9.17, 15) is 14.4 Å². The zero-order valence-electron chi connectivity index (χ0n) is 5.94. The molecule has 0 aliphatic carbocycles. The molecule has 0 aliphatic heterocycles. The number of aldehydes is 1. The van der Waals surface area contributed by atoms with Crippen LogP contribution in [-0.4, -0.2) is 35.9 Å². The highest BCUT2D eigenvalue weighted by molar-refractivity contribution is 6.32. The van der Waals surface area contributed by atoms with Gasteiger partial charge in [-0.05, 0) is 0 Å². The molecule has 0 radical (unpaired) electrons. The van der Waals surface area contributed by atoms with Crippen molar-refractivity contribution in [3.05, 3.63) is 0 Å². The third kappa shape index (κ3) is 4.21. The zero-order chi connectivity index (χ0) is 8.85. The number of hydrogen-bond donors (Lipinski definition) is 1. The number of aliphatic hydroxyl groups excluding tert-OH is 1. The molecule has 1 N–H and O–H groups in total. The molecule has 0 aromatic heterocycles. The molecule has 0 aliphatic rings. The Morgan fingerprint density at radius 2 is 2.18 bits per heavy atom. The Morgan fingerprint density at radius 3 is 2.55 bits per heavy atom. The number of aliphatic hydroxyl groups is 1. The van der Waals surface area contributed by atoms with Gasteiger partial charge in [0.05, 0.1) is 0 Å². The first-order chi connectivity index (χ1) is 5.07. The Labute approximate surface area is 63.0 Å². The lowest BCUT2D eigenvalue weighted by Gasteiger charge is -2.02. The maximum Gasteiger partial charge on any atom is 0.374 e. The van der Waals surface area contributed by atoms with Crippen LogP contribution in [0.4, 0.5) is 0 Å². The normalized spacial score (nSPS) is 11.8. The van der Waals surface area contributed by atoms with Crippen LogP contribution in [0.5, 0.6) is 0 Å². The van der Waals surface area contributed by atoms with E-state index in [-0.39, 0.29) is 6.29 Å². The van der Waals surface area contributed by atoms with Crippen molar-refractivity contribution < 1.29 is 24.2 Å². The fourth-order valence-corrected chi connectivity index (χ4v) is 0.302. The molecule has 0 aromatic carbocycles. The highest BCUT2D eigenvalue weighted by atomic mass is 16.5. The first-order valence-electron chi connectivity index (χ1n) is 2.89. The summed E-state index contributed by atoms with van der Waals surface area (Å²) in [7, 11) is 0. The van der Waals surface area contributed by atoms with Crippen LogP contribution in [0, 0.1) is 0 Å². The molecule has 0 fully saturated rings. The average Bonchev–Trinajstić information content (AvgIpc) is 1.99. The average molecular weight is 160 g/mol. The SMILES string of the molecule is CC(=O)C(=O)OC[C@@H](O)C=O. The second kappa shape index (κ2) is 4.56. The van der Waals surface area contributed by atoms with Crippen LogP contribution in [0.25, 0.3) is 0 Å². The Kier molecular flexibility index (Phi) is 4.05. The number of ether oxygens (including phenoxy) is 1. The minimum absolute atomic E-state index is 0.216. The van der Waals surface area contributed by atoms with E-state index in [1.807, 2.05) is 0 Å². The van der Waals surface area contributed by atoms with Crippen molar-refractivity contribution in [1.29, 1.82) is 0 Å². The van der Waals surface area contributed by atoms with Crippen LogP contribution in [0.3, 0.4) is 0 Å². The maximum atomic E-state index is 10.4. The predicted octanol–water partition coefficient (Wildman–Crippen LogP) is -1.32. The molecule has 62 valence electrons. The molecule has 0 rings (SSSR count). The highest BCUT2D eigenvalue weighted by Gasteiger charge is 2.11. The van der Waals surface area contributed by atoms with Gasteiger partial charge in [0.1, 0.15) is 12.7 Å². The second-order valence-electron chi connectivity index (χ2n) is 1.86. The topological polar surface area (TPSA) is 80.7 Å². The summed E-state index contributed by atoms with van der Waals surface area (Å²) in [5.74, 6) is -1.81. The Balaban J connectivity index is 3.62. The van der Waals surface area contributed by atoms with E-state index in [1.165, 1.54) is 0 Å². The molecule has 5 nitrogen and oxygen atoms in total. The largest absolute Gasteiger partial charge is 0.457 e. The molecule has 0 amide bonds. The number of carbonyl (C=O) groups excluding carboxylic acids is 3. The predicted molar refractivity (Wildman–Crippen MR) is 33.7 cm³/mol. The van der Waals surface area contributed by atoms with Crippen LogP contribution >= 0.6 is 0 Å². The molecule has 0 heterocycles. The number of esters is 1. The maximum absolute atomic E-state index is 10.4. The summed E-state index contributed by atoms with van der Waals surface area (Å²) in [6, 6.07) is 0. The number of Topliss-reactive ketones (excluding diaryl/α,β-unsaturated/α-hetero) is 1. The van der Waals surface area contributed by atoms with E-state index in [4.69, 9.17) is 5.11 Å². The van der Waals surface area contributed by atoms with Crippen molar-refractivity contribution in [3.63, 3.8) is 0 Å². The first kappa shape index (κ1) is 9.77. The summed E-state index contributed by atoms with van der Waals surface area (Å²) >= 11 is 0. The fourth-order valence-electron chi connectivity index (χ4n) is 0.302. The molecule has 0 saturated heterocycles. The number of rotatable bonds is 4. The van der Waals surface area contributed by atoms with Gasteiger partial charge in [0.15, 0.2) is 6.29 Å². The monoisotopic (exact) mass is 160 g/mol. The van der Waals surface area contributed by atoms with Crippen LogP contribution in [-0.2, 0) is 19.1 Å². The molecule has 0 unspecified atom stereocenters. The van der Waals surface area contributed by atoms with Crippen molar-refractivity contribution in [3.8, 4) is 0 Å². The molecule has 1 atom stereocenters. The van der Waals surface area contributed by atoms with E-state index in [0.29, 0.717) is 0 Å². The van der Waals surface area contributed by atoms with Gasteiger partial charge >= 0.3 is 5.97 Å². The highest BCUT2D eigenvalue weighted by Crippen LogP contribution is 1.83. The van der Waals surface area contributed by atoms with E-state index in [2.05, 4.69) is 4.74 Å². The van der Waals surface area contributed by atoms with E-state index in [0.717, 1.165) is 6.92 Å². The number of hydrogen-bond acceptors (Lipinski definition) is 5. The minimum Gasteiger partial charge on any atom is -0.457 e. The smallest absolute Gasteiger partial charge is 0.374 e. The van der Waals surface area contributed by atoms with Crippen molar-refractivity contribution in [1.82, 2.24) is 0 Å². The first-order valence-corrected chi connectivity index (χ1v) is 2.89. The van der Waals surface area contributed by atoms with Gasteiger partial charge in [-0.2, -0.15) is 0 Å².